The number of hydrogen-bond donors (Lipinski definition) is 1. The van der Waals surface area contributed by atoms with Crippen LogP contribution in [0.15, 0.2) is 54.5 Å². The summed E-state index contributed by atoms with van der Waals surface area (Å²) in [5.41, 5.74) is 1.19. The van der Waals surface area contributed by atoms with Crippen LogP contribution < -0.4 is 5.32 Å². The number of fused-ring (bicyclic) bond motifs is 1. The normalized spacial score (nSPS) is 13.5. The van der Waals surface area contributed by atoms with E-state index in [0.29, 0.717) is 13.2 Å². The Morgan fingerprint density at radius 1 is 1.09 bits per heavy atom. The van der Waals surface area contributed by atoms with Gasteiger partial charge in [0.1, 0.15) is 0 Å². The van der Waals surface area contributed by atoms with Crippen molar-refractivity contribution >= 4 is 18.4 Å². The van der Waals surface area contributed by atoms with E-state index in [2.05, 4.69) is 36.5 Å². The van der Waals surface area contributed by atoms with Gasteiger partial charge in [0.15, 0.2) is 0 Å². The number of nitrogens with one attached hydrogen (secondary N) is 1. The molecule has 0 aliphatic rings. The fourth-order valence-electron chi connectivity index (χ4n) is 2.48. The molecule has 0 spiro atoms. The van der Waals surface area contributed by atoms with E-state index < -0.39 is 7.60 Å². The summed E-state index contributed by atoms with van der Waals surface area (Å²) >= 11 is 0. The maximum Gasteiger partial charge on any atom is 0.355 e. The first-order valence-electron chi connectivity index (χ1n) is 7.90. The molecule has 124 valence electrons. The molecule has 0 aromatic heterocycles. The van der Waals surface area contributed by atoms with E-state index in [4.69, 9.17) is 9.05 Å². The first kappa shape index (κ1) is 17.7. The summed E-state index contributed by atoms with van der Waals surface area (Å²) in [6, 6.07) is 14.6. The van der Waals surface area contributed by atoms with E-state index in [-0.39, 0.29) is 6.04 Å². The van der Waals surface area contributed by atoms with Gasteiger partial charge in [0.25, 0.3) is 0 Å². The predicted molar refractivity (Wildman–Crippen MR) is 95.5 cm³/mol. The second-order valence-corrected chi connectivity index (χ2v) is 7.04. The molecular weight excluding hydrogens is 309 g/mol. The van der Waals surface area contributed by atoms with Crippen LogP contribution in [0.1, 0.15) is 32.4 Å². The van der Waals surface area contributed by atoms with Gasteiger partial charge in [-0.05, 0) is 37.1 Å². The molecule has 1 atom stereocenters. The van der Waals surface area contributed by atoms with Crippen LogP contribution in [0, 0.1) is 0 Å². The number of hydrogen-bond acceptors (Lipinski definition) is 4. The Labute approximate surface area is 138 Å². The monoisotopic (exact) mass is 333 g/mol. The highest BCUT2D eigenvalue weighted by Gasteiger charge is 2.19. The first-order valence-corrected chi connectivity index (χ1v) is 9.51. The highest BCUT2D eigenvalue weighted by molar-refractivity contribution is 7.57. The molecule has 0 aliphatic heterocycles. The lowest BCUT2D eigenvalue weighted by atomic mass is 10.00. The quantitative estimate of drug-likeness (QED) is 0.672. The van der Waals surface area contributed by atoms with Crippen LogP contribution in [-0.2, 0) is 13.6 Å². The molecule has 2 aromatic rings. The number of rotatable bonds is 8. The zero-order valence-electron chi connectivity index (χ0n) is 13.9. The zero-order valence-corrected chi connectivity index (χ0v) is 14.8. The summed E-state index contributed by atoms with van der Waals surface area (Å²) < 4.78 is 22.8. The topological polar surface area (TPSA) is 47.6 Å². The molecule has 0 saturated carbocycles. The van der Waals surface area contributed by atoms with Crippen LogP contribution in [0.2, 0.25) is 0 Å². The van der Waals surface area contributed by atoms with Crippen LogP contribution >= 0.6 is 7.60 Å². The number of benzene rings is 2. The standard InChI is InChI=1S/C18H24NO3P/c1-4-21-23(20,22-5-2)14-13-19-15(3)17-12-8-10-16-9-6-7-11-18(16)17/h6-15,19H,4-5H2,1-3H3/t15-/m1/s1. The summed E-state index contributed by atoms with van der Waals surface area (Å²) in [5, 5.41) is 5.67. The van der Waals surface area contributed by atoms with E-state index in [9.17, 15) is 4.57 Å². The lowest BCUT2D eigenvalue weighted by Gasteiger charge is -2.16. The fraction of sp³-hybridized carbons (Fsp3) is 0.333. The molecule has 0 radical (unpaired) electrons. The maximum atomic E-state index is 12.4. The average Bonchev–Trinajstić information content (AvgIpc) is 2.54. The van der Waals surface area contributed by atoms with E-state index in [1.165, 1.54) is 22.2 Å². The van der Waals surface area contributed by atoms with Gasteiger partial charge in [-0.2, -0.15) is 0 Å². The van der Waals surface area contributed by atoms with Crippen LogP contribution in [0.5, 0.6) is 0 Å². The summed E-state index contributed by atoms with van der Waals surface area (Å²) in [6.45, 7) is 6.36. The molecule has 1 N–H and O–H groups in total. The lowest BCUT2D eigenvalue weighted by Crippen LogP contribution is -2.12. The van der Waals surface area contributed by atoms with Crippen LogP contribution in [0.25, 0.3) is 10.8 Å². The van der Waals surface area contributed by atoms with E-state index >= 15 is 0 Å². The van der Waals surface area contributed by atoms with Gasteiger partial charge in [-0.1, -0.05) is 42.5 Å². The Bertz CT molecular complexity index is 699. The smallest absolute Gasteiger partial charge is 0.355 e. The highest BCUT2D eigenvalue weighted by atomic mass is 31.2. The van der Waals surface area contributed by atoms with Crippen molar-refractivity contribution in [3.05, 3.63) is 60.0 Å². The molecule has 0 amide bonds. The molecule has 2 rings (SSSR count). The van der Waals surface area contributed by atoms with Gasteiger partial charge in [-0.3, -0.25) is 4.57 Å². The van der Waals surface area contributed by atoms with Gasteiger partial charge < -0.3 is 14.4 Å². The average molecular weight is 333 g/mol. The third-order valence-corrected chi connectivity index (χ3v) is 5.26. The van der Waals surface area contributed by atoms with Crippen LogP contribution in [-0.4, -0.2) is 13.2 Å². The Morgan fingerprint density at radius 3 is 2.43 bits per heavy atom. The van der Waals surface area contributed by atoms with Gasteiger partial charge >= 0.3 is 7.60 Å². The van der Waals surface area contributed by atoms with Crippen molar-refractivity contribution in [2.45, 2.75) is 26.8 Å². The van der Waals surface area contributed by atoms with Crippen LogP contribution in [0.3, 0.4) is 0 Å². The van der Waals surface area contributed by atoms with Crippen molar-refractivity contribution in [3.63, 3.8) is 0 Å². The highest BCUT2D eigenvalue weighted by Crippen LogP contribution is 2.49. The minimum atomic E-state index is -3.16. The minimum Gasteiger partial charge on any atom is -0.384 e. The molecule has 0 unspecified atom stereocenters. The first-order chi connectivity index (χ1) is 11.1. The zero-order chi connectivity index (χ0) is 16.7. The summed E-state index contributed by atoms with van der Waals surface area (Å²) in [6.07, 6.45) is 1.67. The maximum absolute atomic E-state index is 12.4. The molecule has 0 aliphatic carbocycles. The van der Waals surface area contributed by atoms with Crippen molar-refractivity contribution in [1.29, 1.82) is 0 Å². The predicted octanol–water partition coefficient (Wildman–Crippen LogP) is 5.23. The van der Waals surface area contributed by atoms with Crippen molar-refractivity contribution in [1.82, 2.24) is 5.32 Å². The van der Waals surface area contributed by atoms with Gasteiger partial charge in [-0.15, -0.1) is 0 Å². The second-order valence-electron chi connectivity index (χ2n) is 5.15. The fourth-order valence-corrected chi connectivity index (χ4v) is 3.71. The largest absolute Gasteiger partial charge is 0.384 e. The third kappa shape index (κ3) is 4.68. The molecule has 4 nitrogen and oxygen atoms in total. The van der Waals surface area contributed by atoms with Gasteiger partial charge in [-0.25, -0.2) is 0 Å². The molecule has 0 bridgehead atoms. The summed E-state index contributed by atoms with van der Waals surface area (Å²) in [5.74, 6) is 1.49. The van der Waals surface area contributed by atoms with E-state index in [1.54, 1.807) is 20.0 Å². The SMILES string of the molecule is CCOP(=O)(C=CN[C@H](C)c1cccc2ccccc12)OCC. The van der Waals surface area contributed by atoms with Gasteiger partial charge in [0.2, 0.25) is 0 Å². The van der Waals surface area contributed by atoms with Crippen molar-refractivity contribution in [2.24, 2.45) is 0 Å². The Hall–Kier alpha value is -1.61. The molecule has 23 heavy (non-hydrogen) atoms. The molecule has 5 heteroatoms. The molecule has 0 heterocycles. The Morgan fingerprint density at radius 2 is 1.74 bits per heavy atom. The van der Waals surface area contributed by atoms with Gasteiger partial charge in [0, 0.05) is 18.1 Å². The van der Waals surface area contributed by atoms with Crippen molar-refractivity contribution in [3.8, 4) is 0 Å². The molecule has 0 fully saturated rings. The Balaban J connectivity index is 2.13. The second kappa shape index (κ2) is 8.30. The van der Waals surface area contributed by atoms with Crippen molar-refractivity contribution < 1.29 is 13.6 Å². The molecule has 2 aromatic carbocycles. The van der Waals surface area contributed by atoms with Crippen LogP contribution in [0.4, 0.5) is 0 Å². The summed E-state index contributed by atoms with van der Waals surface area (Å²) in [7, 11) is -3.16. The summed E-state index contributed by atoms with van der Waals surface area (Å²) in [4.78, 5) is 0. The molecule has 0 saturated heterocycles. The van der Waals surface area contributed by atoms with Crippen molar-refractivity contribution in [2.75, 3.05) is 13.2 Å². The molecular formula is C18H24NO3P. The third-order valence-electron chi connectivity index (χ3n) is 3.51. The van der Waals surface area contributed by atoms with Gasteiger partial charge in [0.05, 0.1) is 13.2 Å². The lowest BCUT2D eigenvalue weighted by molar-refractivity contribution is 0.228. The van der Waals surface area contributed by atoms with E-state index in [1.807, 2.05) is 18.2 Å². The Kier molecular flexibility index (Phi) is 6.40. The van der Waals surface area contributed by atoms with E-state index in [0.717, 1.165) is 0 Å². The minimum absolute atomic E-state index is 0.0778.